The maximum Gasteiger partial charge on any atom is 0.271 e. The number of amides is 1. The molecule has 0 aliphatic heterocycles. The van der Waals surface area contributed by atoms with Gasteiger partial charge < -0.3 is 15.8 Å². The monoisotopic (exact) mass is 315 g/mol. The van der Waals surface area contributed by atoms with Crippen molar-refractivity contribution >= 4 is 23.2 Å². The summed E-state index contributed by atoms with van der Waals surface area (Å²) in [6.45, 7) is 4.17. The van der Waals surface area contributed by atoms with E-state index in [2.05, 4.69) is 5.32 Å². The summed E-state index contributed by atoms with van der Waals surface area (Å²) in [5, 5.41) is 13.7. The molecule has 7 nitrogen and oxygen atoms in total. The van der Waals surface area contributed by atoms with E-state index in [0.717, 1.165) is 6.42 Å². The molecule has 8 heteroatoms. The zero-order valence-electron chi connectivity index (χ0n) is 11.9. The Labute approximate surface area is 127 Å². The number of halogens is 1. The van der Waals surface area contributed by atoms with Gasteiger partial charge in [0, 0.05) is 12.1 Å². The molecule has 0 radical (unpaired) electrons. The minimum Gasteiger partial charge on any atom is -0.490 e. The summed E-state index contributed by atoms with van der Waals surface area (Å²) in [5.41, 5.74) is 4.20. The van der Waals surface area contributed by atoms with Crippen LogP contribution < -0.4 is 15.8 Å². The lowest BCUT2D eigenvalue weighted by molar-refractivity contribution is -0.384. The van der Waals surface area contributed by atoms with Crippen LogP contribution in [0.2, 0.25) is 5.02 Å². The van der Waals surface area contributed by atoms with Crippen molar-refractivity contribution in [1.29, 1.82) is 0 Å². The van der Waals surface area contributed by atoms with E-state index in [1.54, 1.807) is 6.92 Å². The van der Waals surface area contributed by atoms with Gasteiger partial charge in [0.1, 0.15) is 17.9 Å². The largest absolute Gasteiger partial charge is 0.490 e. The van der Waals surface area contributed by atoms with Crippen molar-refractivity contribution in [2.75, 3.05) is 13.2 Å². The first-order valence-electron chi connectivity index (χ1n) is 6.42. The van der Waals surface area contributed by atoms with E-state index < -0.39 is 16.4 Å². The third-order valence-electron chi connectivity index (χ3n) is 2.95. The van der Waals surface area contributed by atoms with Gasteiger partial charge in [-0.2, -0.15) is 0 Å². The van der Waals surface area contributed by atoms with Gasteiger partial charge in [0.2, 0.25) is 5.91 Å². The molecule has 1 atom stereocenters. The highest BCUT2D eigenvalue weighted by Crippen LogP contribution is 2.29. The van der Waals surface area contributed by atoms with Crippen LogP contribution in [0.4, 0.5) is 5.69 Å². The number of non-ortho nitro benzene ring substituents is 1. The first-order valence-corrected chi connectivity index (χ1v) is 6.79. The molecule has 0 aliphatic rings. The van der Waals surface area contributed by atoms with Crippen molar-refractivity contribution in [3.63, 3.8) is 0 Å². The number of nitrogens with one attached hydrogen (secondary N) is 1. The predicted molar refractivity (Wildman–Crippen MR) is 79.5 cm³/mol. The highest BCUT2D eigenvalue weighted by molar-refractivity contribution is 6.32. The van der Waals surface area contributed by atoms with Crippen LogP contribution in [0.15, 0.2) is 18.2 Å². The lowest BCUT2D eigenvalue weighted by Gasteiger charge is -2.27. The molecule has 116 valence electrons. The van der Waals surface area contributed by atoms with E-state index in [0.29, 0.717) is 6.54 Å². The van der Waals surface area contributed by atoms with E-state index in [1.165, 1.54) is 18.2 Å². The molecule has 1 aromatic rings. The average molecular weight is 316 g/mol. The normalized spacial score (nSPS) is 13.5. The molecule has 0 heterocycles. The minimum absolute atomic E-state index is 0.0279. The lowest BCUT2D eigenvalue weighted by atomic mass is 10.0. The fourth-order valence-corrected chi connectivity index (χ4v) is 1.78. The summed E-state index contributed by atoms with van der Waals surface area (Å²) in [7, 11) is 0. The van der Waals surface area contributed by atoms with Crippen LogP contribution in [0, 0.1) is 10.1 Å². The molecule has 0 saturated heterocycles. The second kappa shape index (κ2) is 7.24. The molecule has 0 fully saturated rings. The first-order chi connectivity index (χ1) is 9.80. The van der Waals surface area contributed by atoms with Crippen molar-refractivity contribution in [3.05, 3.63) is 33.3 Å². The molecule has 3 N–H and O–H groups in total. The van der Waals surface area contributed by atoms with E-state index in [9.17, 15) is 14.9 Å². The fraction of sp³-hybridized carbons (Fsp3) is 0.462. The van der Waals surface area contributed by atoms with Gasteiger partial charge in [-0.15, -0.1) is 0 Å². The molecule has 1 aromatic carbocycles. The summed E-state index contributed by atoms with van der Waals surface area (Å²) in [6.07, 6.45) is 0.834. The molecule has 0 aliphatic carbocycles. The van der Waals surface area contributed by atoms with E-state index in [4.69, 9.17) is 22.1 Å². The topological polar surface area (TPSA) is 107 Å². The molecule has 0 bridgehead atoms. The fourth-order valence-electron chi connectivity index (χ4n) is 1.55. The predicted octanol–water partition coefficient (Wildman–Crippen LogP) is 1.87. The molecule has 0 aromatic heterocycles. The third kappa shape index (κ3) is 4.57. The van der Waals surface area contributed by atoms with Crippen molar-refractivity contribution in [1.82, 2.24) is 5.32 Å². The smallest absolute Gasteiger partial charge is 0.271 e. The summed E-state index contributed by atoms with van der Waals surface area (Å²) in [5.74, 6) is -0.290. The third-order valence-corrected chi connectivity index (χ3v) is 3.25. The molecule has 21 heavy (non-hydrogen) atoms. The SMILES string of the molecule is CCCNC(C)(COc1ccc([N+](=O)[O-])cc1Cl)C(N)=O. The van der Waals surface area contributed by atoms with Crippen LogP contribution in [-0.2, 0) is 4.79 Å². The number of nitrogens with two attached hydrogens (primary N) is 1. The number of nitro groups is 1. The molecule has 1 amide bonds. The Hall–Kier alpha value is -1.86. The highest BCUT2D eigenvalue weighted by atomic mass is 35.5. The molecule has 0 saturated carbocycles. The number of hydrogen-bond acceptors (Lipinski definition) is 5. The summed E-state index contributed by atoms with van der Waals surface area (Å²) in [4.78, 5) is 21.6. The lowest BCUT2D eigenvalue weighted by Crippen LogP contribution is -2.57. The van der Waals surface area contributed by atoms with E-state index in [1.807, 2.05) is 6.92 Å². The number of nitro benzene ring substituents is 1. The van der Waals surface area contributed by atoms with Gasteiger partial charge in [0.15, 0.2) is 0 Å². The van der Waals surface area contributed by atoms with Gasteiger partial charge >= 0.3 is 0 Å². The Balaban J connectivity index is 2.81. The van der Waals surface area contributed by atoms with Crippen molar-refractivity contribution in [3.8, 4) is 5.75 Å². The Morgan fingerprint density at radius 1 is 1.57 bits per heavy atom. The Morgan fingerprint density at radius 2 is 2.24 bits per heavy atom. The van der Waals surface area contributed by atoms with Crippen LogP contribution in [-0.4, -0.2) is 29.5 Å². The average Bonchev–Trinajstić information content (AvgIpc) is 2.43. The molecular formula is C13H18ClN3O4. The zero-order chi connectivity index (χ0) is 16.0. The van der Waals surface area contributed by atoms with Gasteiger partial charge in [-0.05, 0) is 26.0 Å². The van der Waals surface area contributed by atoms with Gasteiger partial charge in [0.25, 0.3) is 5.69 Å². The van der Waals surface area contributed by atoms with Crippen LogP contribution in [0.25, 0.3) is 0 Å². The standard InChI is InChI=1S/C13H18ClN3O4/c1-3-6-16-13(2,12(15)18)8-21-11-5-4-9(17(19)20)7-10(11)14/h4-5,7,16H,3,6,8H2,1-2H3,(H2,15,18). The minimum atomic E-state index is -1.04. The van der Waals surface area contributed by atoms with Gasteiger partial charge in [0.05, 0.1) is 9.95 Å². The second-order valence-corrected chi connectivity index (χ2v) is 5.19. The number of carbonyl (C=O) groups is 1. The number of nitrogens with zero attached hydrogens (tertiary/aromatic N) is 1. The summed E-state index contributed by atoms with van der Waals surface area (Å²) < 4.78 is 5.48. The van der Waals surface area contributed by atoms with Gasteiger partial charge in [-0.3, -0.25) is 14.9 Å². The Kier molecular flexibility index (Phi) is 5.92. The first kappa shape index (κ1) is 17.2. The second-order valence-electron chi connectivity index (χ2n) is 4.78. The number of rotatable bonds is 8. The number of carbonyl (C=O) groups excluding carboxylic acids is 1. The van der Waals surface area contributed by atoms with Gasteiger partial charge in [-0.25, -0.2) is 0 Å². The van der Waals surface area contributed by atoms with Crippen LogP contribution in [0.5, 0.6) is 5.75 Å². The quantitative estimate of drug-likeness (QED) is 0.562. The number of benzene rings is 1. The van der Waals surface area contributed by atoms with Crippen molar-refractivity contribution in [2.45, 2.75) is 25.8 Å². The number of ether oxygens (including phenoxy) is 1. The maximum absolute atomic E-state index is 11.5. The van der Waals surface area contributed by atoms with E-state index >= 15 is 0 Å². The molecule has 0 spiro atoms. The zero-order valence-corrected chi connectivity index (χ0v) is 12.6. The van der Waals surface area contributed by atoms with Crippen LogP contribution >= 0.6 is 11.6 Å². The van der Waals surface area contributed by atoms with E-state index in [-0.39, 0.29) is 23.1 Å². The number of primary amides is 1. The van der Waals surface area contributed by atoms with Gasteiger partial charge in [-0.1, -0.05) is 18.5 Å². The maximum atomic E-state index is 11.5. The van der Waals surface area contributed by atoms with Crippen LogP contribution in [0.3, 0.4) is 0 Å². The molecule has 1 rings (SSSR count). The van der Waals surface area contributed by atoms with Crippen molar-refractivity contribution in [2.24, 2.45) is 5.73 Å². The highest BCUT2D eigenvalue weighted by Gasteiger charge is 2.31. The van der Waals surface area contributed by atoms with Crippen LogP contribution in [0.1, 0.15) is 20.3 Å². The Bertz CT molecular complexity index is 538. The summed E-state index contributed by atoms with van der Waals surface area (Å²) >= 11 is 5.92. The Morgan fingerprint density at radius 3 is 2.71 bits per heavy atom. The number of hydrogen-bond donors (Lipinski definition) is 2. The van der Waals surface area contributed by atoms with Crippen molar-refractivity contribution < 1.29 is 14.5 Å². The molecular weight excluding hydrogens is 298 g/mol. The molecule has 1 unspecified atom stereocenters. The summed E-state index contributed by atoms with van der Waals surface area (Å²) in [6, 6.07) is 3.86.